The molecule has 1 heterocycles. The Morgan fingerprint density at radius 3 is 2.59 bits per heavy atom. The number of nitrogens with zero attached hydrogens (tertiary/aromatic N) is 1. The van der Waals surface area contributed by atoms with Crippen molar-refractivity contribution in [2.24, 2.45) is 11.8 Å². The molecule has 4 atom stereocenters. The first-order chi connectivity index (χ1) is 8.18. The van der Waals surface area contributed by atoms with E-state index in [0.29, 0.717) is 6.04 Å². The average Bonchev–Trinajstić information content (AvgIpc) is 2.29. The van der Waals surface area contributed by atoms with Gasteiger partial charge in [0.05, 0.1) is 0 Å². The summed E-state index contributed by atoms with van der Waals surface area (Å²) in [5.74, 6) is 1.82. The summed E-state index contributed by atoms with van der Waals surface area (Å²) in [6, 6.07) is 1.57. The Hall–Kier alpha value is -0.0800. The van der Waals surface area contributed by atoms with E-state index in [-0.39, 0.29) is 0 Å². The maximum absolute atomic E-state index is 3.60. The van der Waals surface area contributed by atoms with E-state index < -0.39 is 0 Å². The van der Waals surface area contributed by atoms with E-state index in [1.807, 2.05) is 0 Å². The maximum Gasteiger partial charge on any atom is 0.0123 e. The van der Waals surface area contributed by atoms with Crippen molar-refractivity contribution in [2.45, 2.75) is 65.0 Å². The van der Waals surface area contributed by atoms with Gasteiger partial charge in [0.2, 0.25) is 0 Å². The van der Waals surface area contributed by atoms with E-state index in [4.69, 9.17) is 0 Å². The molecule has 2 heteroatoms. The average molecular weight is 238 g/mol. The van der Waals surface area contributed by atoms with Gasteiger partial charge in [-0.2, -0.15) is 0 Å². The van der Waals surface area contributed by atoms with Crippen molar-refractivity contribution in [3.05, 3.63) is 0 Å². The maximum atomic E-state index is 3.60. The van der Waals surface area contributed by atoms with Crippen molar-refractivity contribution >= 4 is 0 Å². The molecule has 2 aliphatic rings. The third kappa shape index (κ3) is 3.45. The quantitative estimate of drug-likeness (QED) is 0.755. The molecule has 0 radical (unpaired) electrons. The fourth-order valence-corrected chi connectivity index (χ4v) is 3.60. The zero-order chi connectivity index (χ0) is 12.3. The molecule has 0 bridgehead atoms. The third-order valence-electron chi connectivity index (χ3n) is 5.10. The molecule has 1 N–H and O–H groups in total. The highest BCUT2D eigenvalue weighted by Crippen LogP contribution is 2.33. The molecular formula is C15H30N2. The molecule has 0 spiro atoms. The Bertz CT molecular complexity index is 229. The molecule has 2 fully saturated rings. The van der Waals surface area contributed by atoms with Gasteiger partial charge in [0.1, 0.15) is 0 Å². The van der Waals surface area contributed by atoms with Gasteiger partial charge in [0.15, 0.2) is 0 Å². The largest absolute Gasteiger partial charge is 0.314 e. The fraction of sp³-hybridized carbons (Fsp3) is 1.00. The second-order valence-corrected chi connectivity index (χ2v) is 6.37. The van der Waals surface area contributed by atoms with Crippen molar-refractivity contribution in [2.75, 3.05) is 19.6 Å². The zero-order valence-electron chi connectivity index (χ0n) is 11.9. The van der Waals surface area contributed by atoms with Crippen molar-refractivity contribution in [1.29, 1.82) is 0 Å². The molecule has 17 heavy (non-hydrogen) atoms. The molecule has 2 nitrogen and oxygen atoms in total. The van der Waals surface area contributed by atoms with Gasteiger partial charge in [-0.05, 0) is 57.7 Å². The molecule has 1 aliphatic heterocycles. The Kier molecular flexibility index (Phi) is 4.87. The van der Waals surface area contributed by atoms with Crippen molar-refractivity contribution in [3.63, 3.8) is 0 Å². The predicted molar refractivity (Wildman–Crippen MR) is 74.2 cm³/mol. The minimum atomic E-state index is 0.703. The first-order valence-corrected chi connectivity index (χ1v) is 7.66. The van der Waals surface area contributed by atoms with E-state index in [2.05, 4.69) is 31.0 Å². The summed E-state index contributed by atoms with van der Waals surface area (Å²) in [6.07, 6.45) is 6.97. The van der Waals surface area contributed by atoms with Gasteiger partial charge >= 0.3 is 0 Å². The van der Waals surface area contributed by atoms with Crippen LogP contribution in [0.3, 0.4) is 0 Å². The van der Waals surface area contributed by atoms with Gasteiger partial charge in [-0.1, -0.05) is 26.7 Å². The Morgan fingerprint density at radius 2 is 1.76 bits per heavy atom. The second kappa shape index (κ2) is 6.19. The Labute approximate surface area is 107 Å². The summed E-state index contributed by atoms with van der Waals surface area (Å²) in [6.45, 7) is 11.1. The van der Waals surface area contributed by atoms with E-state index in [0.717, 1.165) is 17.9 Å². The van der Waals surface area contributed by atoms with Gasteiger partial charge in [-0.15, -0.1) is 0 Å². The highest BCUT2D eigenvalue weighted by molar-refractivity contribution is 4.85. The van der Waals surface area contributed by atoms with Crippen LogP contribution in [0.5, 0.6) is 0 Å². The lowest BCUT2D eigenvalue weighted by Gasteiger charge is -2.43. The summed E-state index contributed by atoms with van der Waals surface area (Å²) in [4.78, 5) is 2.80. The molecule has 0 aromatic carbocycles. The van der Waals surface area contributed by atoms with Crippen molar-refractivity contribution in [1.82, 2.24) is 10.2 Å². The Morgan fingerprint density at radius 1 is 0.941 bits per heavy atom. The molecule has 1 saturated carbocycles. The van der Waals surface area contributed by atoms with Crippen molar-refractivity contribution in [3.8, 4) is 0 Å². The van der Waals surface area contributed by atoms with Crippen LogP contribution in [0.2, 0.25) is 0 Å². The van der Waals surface area contributed by atoms with Crippen LogP contribution < -0.4 is 5.32 Å². The van der Waals surface area contributed by atoms with Crippen LogP contribution in [0.15, 0.2) is 0 Å². The fourth-order valence-electron chi connectivity index (χ4n) is 3.60. The van der Waals surface area contributed by atoms with Gasteiger partial charge in [0, 0.05) is 12.1 Å². The molecule has 0 amide bonds. The first kappa shape index (κ1) is 13.4. The molecule has 100 valence electrons. The third-order valence-corrected chi connectivity index (χ3v) is 5.10. The van der Waals surface area contributed by atoms with Gasteiger partial charge in [-0.25, -0.2) is 0 Å². The van der Waals surface area contributed by atoms with Crippen LogP contribution >= 0.6 is 0 Å². The van der Waals surface area contributed by atoms with Gasteiger partial charge < -0.3 is 10.2 Å². The van der Waals surface area contributed by atoms with Crippen LogP contribution in [0.25, 0.3) is 0 Å². The van der Waals surface area contributed by atoms with Crippen LogP contribution in [0, 0.1) is 11.8 Å². The summed E-state index contributed by atoms with van der Waals surface area (Å²) in [5.41, 5.74) is 0. The first-order valence-electron chi connectivity index (χ1n) is 7.66. The summed E-state index contributed by atoms with van der Waals surface area (Å²) < 4.78 is 0. The van der Waals surface area contributed by atoms with E-state index in [1.54, 1.807) is 0 Å². The SMILES string of the molecule is CC1CCN(C2CCCC(C)C2C)CCCN1. The summed E-state index contributed by atoms with van der Waals surface area (Å²) in [7, 11) is 0. The molecule has 2 rings (SSSR count). The van der Waals surface area contributed by atoms with Crippen LogP contribution in [0.4, 0.5) is 0 Å². The van der Waals surface area contributed by atoms with Gasteiger partial charge in [-0.3, -0.25) is 0 Å². The highest BCUT2D eigenvalue weighted by atomic mass is 15.2. The smallest absolute Gasteiger partial charge is 0.0123 e. The molecule has 4 unspecified atom stereocenters. The van der Waals surface area contributed by atoms with E-state index >= 15 is 0 Å². The molecule has 1 aliphatic carbocycles. The highest BCUT2D eigenvalue weighted by Gasteiger charge is 2.31. The lowest BCUT2D eigenvalue weighted by molar-refractivity contribution is 0.0725. The van der Waals surface area contributed by atoms with Crippen LogP contribution in [-0.2, 0) is 0 Å². The lowest BCUT2D eigenvalue weighted by Crippen LogP contribution is -2.48. The zero-order valence-corrected chi connectivity index (χ0v) is 11.9. The molecule has 0 aromatic heterocycles. The van der Waals surface area contributed by atoms with Crippen LogP contribution in [0.1, 0.15) is 52.9 Å². The van der Waals surface area contributed by atoms with Crippen molar-refractivity contribution < 1.29 is 0 Å². The Balaban J connectivity index is 1.94. The lowest BCUT2D eigenvalue weighted by atomic mass is 9.77. The van der Waals surface area contributed by atoms with E-state index in [1.165, 1.54) is 51.7 Å². The number of hydrogen-bond acceptors (Lipinski definition) is 2. The van der Waals surface area contributed by atoms with E-state index in [9.17, 15) is 0 Å². The molecular weight excluding hydrogens is 208 g/mol. The van der Waals surface area contributed by atoms with Gasteiger partial charge in [0.25, 0.3) is 0 Å². The second-order valence-electron chi connectivity index (χ2n) is 6.37. The summed E-state index contributed by atoms with van der Waals surface area (Å²) in [5, 5.41) is 3.60. The standard InChI is InChI=1S/C15H30N2/c1-12-6-4-7-15(14(12)3)17-10-5-9-16-13(2)8-11-17/h12-16H,4-11H2,1-3H3. The number of nitrogens with one attached hydrogen (secondary N) is 1. The molecule has 1 saturated heterocycles. The number of hydrogen-bond donors (Lipinski definition) is 1. The minimum Gasteiger partial charge on any atom is -0.314 e. The predicted octanol–water partition coefficient (Wildman–Crippen LogP) is 2.89. The monoisotopic (exact) mass is 238 g/mol. The van der Waals surface area contributed by atoms with Crippen LogP contribution in [-0.4, -0.2) is 36.6 Å². The summed E-state index contributed by atoms with van der Waals surface area (Å²) >= 11 is 0. The normalized spacial score (nSPS) is 41.8. The minimum absolute atomic E-state index is 0.703. The number of rotatable bonds is 1. The molecule has 0 aromatic rings. The topological polar surface area (TPSA) is 15.3 Å².